The fraction of sp³-hybridized carbons (Fsp3) is 0.357. The Kier molecular flexibility index (Phi) is 5.37. The minimum absolute atomic E-state index is 0.103. The molecule has 0 aliphatic carbocycles. The van der Waals surface area contributed by atoms with Gasteiger partial charge in [-0.2, -0.15) is 0 Å². The number of amides is 1. The molecule has 1 heterocycles. The van der Waals surface area contributed by atoms with E-state index in [1.54, 1.807) is 18.2 Å². The van der Waals surface area contributed by atoms with Crippen LogP contribution >= 0.6 is 11.8 Å². The number of hydrogen-bond donors (Lipinski definition) is 2. The Morgan fingerprint density at radius 3 is 2.82 bits per heavy atom. The maximum absolute atomic E-state index is 13.7. The summed E-state index contributed by atoms with van der Waals surface area (Å²) < 4.78 is 14.9. The molecule has 0 saturated heterocycles. The lowest BCUT2D eigenvalue weighted by atomic mass is 10.2. The highest BCUT2D eigenvalue weighted by Gasteiger charge is 2.16. The molecule has 1 amide bonds. The smallest absolute Gasteiger partial charge is 0.230 e. The van der Waals surface area contributed by atoms with Gasteiger partial charge in [0.1, 0.15) is 5.82 Å². The zero-order valence-electron chi connectivity index (χ0n) is 12.4. The van der Waals surface area contributed by atoms with E-state index in [2.05, 4.69) is 15.5 Å². The van der Waals surface area contributed by atoms with Gasteiger partial charge < -0.3 is 11.2 Å². The maximum Gasteiger partial charge on any atom is 0.230 e. The van der Waals surface area contributed by atoms with E-state index in [1.807, 2.05) is 13.8 Å². The van der Waals surface area contributed by atoms with Crippen LogP contribution in [0.2, 0.25) is 0 Å². The number of benzene rings is 1. The summed E-state index contributed by atoms with van der Waals surface area (Å²) in [6.45, 7) is 4.66. The maximum atomic E-state index is 13.7. The van der Waals surface area contributed by atoms with Gasteiger partial charge in [0, 0.05) is 6.54 Å². The number of thioether (sulfide) groups is 1. The van der Waals surface area contributed by atoms with E-state index >= 15 is 0 Å². The van der Waals surface area contributed by atoms with Crippen molar-refractivity contribution in [2.45, 2.75) is 19.0 Å². The highest BCUT2D eigenvalue weighted by atomic mass is 32.2. The van der Waals surface area contributed by atoms with E-state index in [4.69, 9.17) is 5.84 Å². The van der Waals surface area contributed by atoms with E-state index in [9.17, 15) is 9.18 Å². The monoisotopic (exact) mass is 323 g/mol. The van der Waals surface area contributed by atoms with Crippen molar-refractivity contribution in [1.82, 2.24) is 20.2 Å². The number of nitrogen functional groups attached to an aromatic ring is 1. The number of nitrogens with two attached hydrogens (primary N) is 1. The second-order valence-electron chi connectivity index (χ2n) is 5.14. The van der Waals surface area contributed by atoms with Crippen molar-refractivity contribution in [2.75, 3.05) is 18.1 Å². The summed E-state index contributed by atoms with van der Waals surface area (Å²) in [6.07, 6.45) is 0. The fourth-order valence-electron chi connectivity index (χ4n) is 1.70. The summed E-state index contributed by atoms with van der Waals surface area (Å²) in [6, 6.07) is 6.19. The number of nitrogens with zero attached hydrogens (tertiary/aromatic N) is 3. The number of halogens is 1. The molecule has 22 heavy (non-hydrogen) atoms. The topological polar surface area (TPSA) is 85.8 Å². The molecule has 0 bridgehead atoms. The molecule has 0 unspecified atom stereocenters. The first kappa shape index (κ1) is 16.3. The zero-order chi connectivity index (χ0) is 16.1. The standard InChI is InChI=1S/C14H18FN5OS/c1-9(2)7-17-12(21)8-22-14-19-18-13(20(14)16)10-5-3-4-6-11(10)15/h3-6,9H,7-8,16H2,1-2H3,(H,17,21). The summed E-state index contributed by atoms with van der Waals surface area (Å²) in [5.74, 6) is 6.15. The van der Waals surface area contributed by atoms with Gasteiger partial charge in [0.2, 0.25) is 11.1 Å². The number of hydrogen-bond acceptors (Lipinski definition) is 5. The van der Waals surface area contributed by atoms with E-state index in [0.29, 0.717) is 17.6 Å². The lowest BCUT2D eigenvalue weighted by Crippen LogP contribution is -2.29. The average Bonchev–Trinajstić information content (AvgIpc) is 2.84. The molecule has 1 aromatic heterocycles. The molecular formula is C14H18FN5OS. The van der Waals surface area contributed by atoms with Crippen LogP contribution in [-0.4, -0.2) is 33.1 Å². The zero-order valence-corrected chi connectivity index (χ0v) is 13.2. The minimum atomic E-state index is -0.423. The molecule has 0 radical (unpaired) electrons. The van der Waals surface area contributed by atoms with E-state index < -0.39 is 5.82 Å². The Morgan fingerprint density at radius 2 is 2.14 bits per heavy atom. The average molecular weight is 323 g/mol. The van der Waals surface area contributed by atoms with Gasteiger partial charge in [-0.25, -0.2) is 9.07 Å². The van der Waals surface area contributed by atoms with Crippen LogP contribution in [0.5, 0.6) is 0 Å². The molecule has 0 aliphatic heterocycles. The van der Waals surface area contributed by atoms with Gasteiger partial charge in [-0.3, -0.25) is 4.79 Å². The van der Waals surface area contributed by atoms with Crippen molar-refractivity contribution >= 4 is 17.7 Å². The summed E-state index contributed by atoms with van der Waals surface area (Å²) >= 11 is 1.16. The van der Waals surface area contributed by atoms with Crippen molar-refractivity contribution in [2.24, 2.45) is 5.92 Å². The van der Waals surface area contributed by atoms with Gasteiger partial charge in [-0.05, 0) is 18.1 Å². The van der Waals surface area contributed by atoms with E-state index in [-0.39, 0.29) is 23.0 Å². The van der Waals surface area contributed by atoms with Crippen LogP contribution in [0.25, 0.3) is 11.4 Å². The van der Waals surface area contributed by atoms with E-state index in [0.717, 1.165) is 11.8 Å². The van der Waals surface area contributed by atoms with Crippen LogP contribution in [0.3, 0.4) is 0 Å². The van der Waals surface area contributed by atoms with Gasteiger partial charge in [0.15, 0.2) is 5.82 Å². The van der Waals surface area contributed by atoms with Crippen LogP contribution < -0.4 is 11.2 Å². The molecule has 0 fully saturated rings. The predicted octanol–water partition coefficient (Wildman–Crippen LogP) is 1.66. The first-order valence-corrected chi connectivity index (χ1v) is 7.82. The summed E-state index contributed by atoms with van der Waals surface area (Å²) in [4.78, 5) is 11.7. The molecule has 0 saturated carbocycles. The van der Waals surface area contributed by atoms with Gasteiger partial charge in [0.05, 0.1) is 11.3 Å². The summed E-state index contributed by atoms with van der Waals surface area (Å²) in [5.41, 5.74) is 0.272. The number of nitrogens with one attached hydrogen (secondary N) is 1. The fourth-order valence-corrected chi connectivity index (χ4v) is 2.39. The van der Waals surface area contributed by atoms with Crippen LogP contribution in [0, 0.1) is 11.7 Å². The third-order valence-electron chi connectivity index (χ3n) is 2.82. The van der Waals surface area contributed by atoms with Crippen LogP contribution in [0.15, 0.2) is 29.4 Å². The molecule has 3 N–H and O–H groups in total. The molecule has 0 aliphatic rings. The Hall–Kier alpha value is -2.09. The van der Waals surface area contributed by atoms with Crippen molar-refractivity contribution in [3.63, 3.8) is 0 Å². The van der Waals surface area contributed by atoms with Crippen molar-refractivity contribution in [3.05, 3.63) is 30.1 Å². The van der Waals surface area contributed by atoms with Crippen LogP contribution in [0.1, 0.15) is 13.8 Å². The molecule has 8 heteroatoms. The highest BCUT2D eigenvalue weighted by Crippen LogP contribution is 2.23. The molecule has 2 rings (SSSR count). The van der Waals surface area contributed by atoms with Crippen molar-refractivity contribution in [3.8, 4) is 11.4 Å². The quantitative estimate of drug-likeness (QED) is 0.624. The van der Waals surface area contributed by atoms with Gasteiger partial charge in [-0.1, -0.05) is 37.7 Å². The normalized spacial score (nSPS) is 10.9. The Labute approximate surface area is 132 Å². The Bertz CT molecular complexity index is 658. The first-order chi connectivity index (χ1) is 10.5. The Balaban J connectivity index is 2.03. The lowest BCUT2D eigenvalue weighted by Gasteiger charge is -2.07. The molecule has 2 aromatic rings. The second kappa shape index (κ2) is 7.26. The second-order valence-corrected chi connectivity index (χ2v) is 6.09. The molecule has 0 atom stereocenters. The number of aromatic nitrogens is 3. The summed E-state index contributed by atoms with van der Waals surface area (Å²) in [7, 11) is 0. The van der Waals surface area contributed by atoms with Gasteiger partial charge in [0.25, 0.3) is 0 Å². The first-order valence-electron chi connectivity index (χ1n) is 6.84. The minimum Gasteiger partial charge on any atom is -0.355 e. The number of carbonyl (C=O) groups excluding carboxylic acids is 1. The van der Waals surface area contributed by atoms with Crippen LogP contribution in [0.4, 0.5) is 4.39 Å². The molecule has 0 spiro atoms. The molecular weight excluding hydrogens is 305 g/mol. The highest BCUT2D eigenvalue weighted by molar-refractivity contribution is 7.99. The van der Waals surface area contributed by atoms with Gasteiger partial charge >= 0.3 is 0 Å². The molecule has 1 aromatic carbocycles. The SMILES string of the molecule is CC(C)CNC(=O)CSc1nnc(-c2ccccc2F)n1N. The van der Waals surface area contributed by atoms with Gasteiger partial charge in [-0.15, -0.1) is 10.2 Å². The molecule has 6 nitrogen and oxygen atoms in total. The molecule has 118 valence electrons. The van der Waals surface area contributed by atoms with Crippen LogP contribution in [-0.2, 0) is 4.79 Å². The predicted molar refractivity (Wildman–Crippen MR) is 84.1 cm³/mol. The van der Waals surface area contributed by atoms with Crippen molar-refractivity contribution < 1.29 is 9.18 Å². The summed E-state index contributed by atoms with van der Waals surface area (Å²) in [5, 5.41) is 11.0. The Morgan fingerprint density at radius 1 is 1.41 bits per heavy atom. The largest absolute Gasteiger partial charge is 0.355 e. The third-order valence-corrected chi connectivity index (χ3v) is 3.76. The number of rotatable bonds is 6. The van der Waals surface area contributed by atoms with E-state index in [1.165, 1.54) is 10.7 Å². The lowest BCUT2D eigenvalue weighted by molar-refractivity contribution is -0.118. The number of carbonyl (C=O) groups is 1. The third kappa shape index (κ3) is 3.97. The van der Waals surface area contributed by atoms with Crippen molar-refractivity contribution in [1.29, 1.82) is 0 Å².